The maximum atomic E-state index is 11.9. The Morgan fingerprint density at radius 1 is 1.20 bits per heavy atom. The number of benzene rings is 1. The molecule has 0 spiro atoms. The molecule has 0 amide bonds. The van der Waals surface area contributed by atoms with Crippen LogP contribution in [0.15, 0.2) is 16.6 Å². The van der Waals surface area contributed by atoms with Crippen LogP contribution in [0, 0.1) is 13.8 Å². The zero-order valence-electron chi connectivity index (χ0n) is 8.28. The number of halogens is 4. The summed E-state index contributed by atoms with van der Waals surface area (Å²) in [7, 11) is 0. The number of aryl methyl sites for hydroxylation is 2. The predicted octanol–water partition coefficient (Wildman–Crippen LogP) is 4.01. The molecule has 0 radical (unpaired) electrons. The van der Waals surface area contributed by atoms with E-state index in [9.17, 15) is 13.2 Å². The topological polar surface area (TPSA) is 9.23 Å². The van der Waals surface area contributed by atoms with Crippen LogP contribution in [0.25, 0.3) is 0 Å². The molecule has 0 aliphatic heterocycles. The highest BCUT2D eigenvalue weighted by molar-refractivity contribution is 9.10. The van der Waals surface area contributed by atoms with Crippen LogP contribution in [0.2, 0.25) is 0 Å². The summed E-state index contributed by atoms with van der Waals surface area (Å²) < 4.78 is 41.3. The Balaban J connectivity index is 2.82. The summed E-state index contributed by atoms with van der Waals surface area (Å²) in [5.41, 5.74) is 1.52. The van der Waals surface area contributed by atoms with Crippen molar-refractivity contribution in [2.24, 2.45) is 0 Å². The number of hydrogen-bond donors (Lipinski definition) is 0. The lowest BCUT2D eigenvalue weighted by atomic mass is 10.1. The van der Waals surface area contributed by atoms with Crippen molar-refractivity contribution in [3.8, 4) is 5.75 Å². The number of rotatable bonds is 2. The molecular formula is C10H10BrF3O. The fourth-order valence-electron chi connectivity index (χ4n) is 1.07. The van der Waals surface area contributed by atoms with Crippen molar-refractivity contribution in [3.05, 3.63) is 27.7 Å². The Morgan fingerprint density at radius 2 is 1.80 bits per heavy atom. The van der Waals surface area contributed by atoms with Gasteiger partial charge in [-0.25, -0.2) is 0 Å². The largest absolute Gasteiger partial charge is 0.484 e. The number of hydrogen-bond acceptors (Lipinski definition) is 1. The molecule has 0 unspecified atom stereocenters. The molecule has 0 fully saturated rings. The van der Waals surface area contributed by atoms with Gasteiger partial charge in [0.15, 0.2) is 6.61 Å². The van der Waals surface area contributed by atoms with Crippen LogP contribution in [0.1, 0.15) is 11.1 Å². The third-order valence-corrected chi connectivity index (χ3v) is 2.70. The Hall–Kier alpha value is -0.710. The van der Waals surface area contributed by atoms with Crippen molar-refractivity contribution in [1.82, 2.24) is 0 Å². The van der Waals surface area contributed by atoms with Crippen molar-refractivity contribution in [2.45, 2.75) is 20.0 Å². The Labute approximate surface area is 94.4 Å². The monoisotopic (exact) mass is 282 g/mol. The Morgan fingerprint density at radius 3 is 2.33 bits per heavy atom. The molecule has 15 heavy (non-hydrogen) atoms. The van der Waals surface area contributed by atoms with E-state index in [1.807, 2.05) is 0 Å². The Kier molecular flexibility index (Phi) is 3.65. The molecule has 84 valence electrons. The van der Waals surface area contributed by atoms with E-state index in [1.54, 1.807) is 26.0 Å². The summed E-state index contributed by atoms with van der Waals surface area (Å²) in [5, 5.41) is 0. The zero-order chi connectivity index (χ0) is 11.6. The van der Waals surface area contributed by atoms with Crippen molar-refractivity contribution in [1.29, 1.82) is 0 Å². The minimum Gasteiger partial charge on any atom is -0.484 e. The molecule has 0 aromatic heterocycles. The lowest BCUT2D eigenvalue weighted by Crippen LogP contribution is -2.19. The van der Waals surface area contributed by atoms with E-state index in [2.05, 4.69) is 15.9 Å². The first-order chi connectivity index (χ1) is 6.79. The second kappa shape index (κ2) is 4.43. The smallest absolute Gasteiger partial charge is 0.422 e. The van der Waals surface area contributed by atoms with Crippen LogP contribution in [-0.4, -0.2) is 12.8 Å². The average Bonchev–Trinajstić information content (AvgIpc) is 2.07. The number of ether oxygens (including phenoxy) is 1. The molecule has 0 aliphatic carbocycles. The molecule has 0 saturated heterocycles. The SMILES string of the molecule is Cc1cc(OCC(F)(F)F)c(C)cc1Br. The second-order valence-corrected chi connectivity index (χ2v) is 4.13. The second-order valence-electron chi connectivity index (χ2n) is 3.27. The molecule has 5 heteroatoms. The summed E-state index contributed by atoms with van der Waals surface area (Å²) in [4.78, 5) is 0. The maximum Gasteiger partial charge on any atom is 0.422 e. The molecule has 0 N–H and O–H groups in total. The Bertz CT molecular complexity index is 360. The van der Waals surface area contributed by atoms with E-state index in [1.165, 1.54) is 0 Å². The van der Waals surface area contributed by atoms with Gasteiger partial charge in [-0.3, -0.25) is 0 Å². The molecule has 0 bridgehead atoms. The van der Waals surface area contributed by atoms with Gasteiger partial charge in [-0.15, -0.1) is 0 Å². The van der Waals surface area contributed by atoms with Crippen molar-refractivity contribution < 1.29 is 17.9 Å². The van der Waals surface area contributed by atoms with Gasteiger partial charge in [0.1, 0.15) is 5.75 Å². The lowest BCUT2D eigenvalue weighted by Gasteiger charge is -2.12. The van der Waals surface area contributed by atoms with E-state index in [-0.39, 0.29) is 5.75 Å². The van der Waals surface area contributed by atoms with Gasteiger partial charge in [0, 0.05) is 4.47 Å². The highest BCUT2D eigenvalue weighted by Crippen LogP contribution is 2.27. The van der Waals surface area contributed by atoms with E-state index < -0.39 is 12.8 Å². The van der Waals surface area contributed by atoms with Crippen LogP contribution < -0.4 is 4.74 Å². The predicted molar refractivity (Wildman–Crippen MR) is 55.2 cm³/mol. The normalized spacial score (nSPS) is 11.6. The van der Waals surface area contributed by atoms with E-state index in [0.717, 1.165) is 10.0 Å². The van der Waals surface area contributed by atoms with Crippen LogP contribution in [-0.2, 0) is 0 Å². The molecule has 1 aromatic carbocycles. The van der Waals surface area contributed by atoms with E-state index >= 15 is 0 Å². The van der Waals surface area contributed by atoms with Crippen molar-refractivity contribution in [2.75, 3.05) is 6.61 Å². The summed E-state index contributed by atoms with van der Waals surface area (Å²) in [6, 6.07) is 3.33. The number of alkyl halides is 3. The standard InChI is InChI=1S/C10H10BrF3O/c1-6-4-9(7(2)3-8(6)11)15-5-10(12,13)14/h3-4H,5H2,1-2H3. The van der Waals surface area contributed by atoms with Gasteiger partial charge in [-0.2, -0.15) is 13.2 Å². The molecule has 0 heterocycles. The fraction of sp³-hybridized carbons (Fsp3) is 0.400. The van der Waals surface area contributed by atoms with Crippen LogP contribution in [0.3, 0.4) is 0 Å². The van der Waals surface area contributed by atoms with E-state index in [4.69, 9.17) is 4.74 Å². The third kappa shape index (κ3) is 3.74. The lowest BCUT2D eigenvalue weighted by molar-refractivity contribution is -0.153. The van der Waals surface area contributed by atoms with E-state index in [0.29, 0.717) is 5.56 Å². The first kappa shape index (κ1) is 12.4. The van der Waals surface area contributed by atoms with Crippen LogP contribution >= 0.6 is 15.9 Å². The maximum absolute atomic E-state index is 11.9. The summed E-state index contributed by atoms with van der Waals surface area (Å²) in [5.74, 6) is 0.271. The average molecular weight is 283 g/mol. The van der Waals surface area contributed by atoms with Crippen molar-refractivity contribution >= 4 is 15.9 Å². The van der Waals surface area contributed by atoms with Gasteiger partial charge in [-0.1, -0.05) is 15.9 Å². The molecule has 0 aliphatic rings. The molecule has 0 saturated carbocycles. The first-order valence-corrected chi connectivity index (χ1v) is 5.05. The highest BCUT2D eigenvalue weighted by Gasteiger charge is 2.28. The van der Waals surface area contributed by atoms with Crippen LogP contribution in [0.5, 0.6) is 5.75 Å². The van der Waals surface area contributed by atoms with Gasteiger partial charge in [0.05, 0.1) is 0 Å². The highest BCUT2D eigenvalue weighted by atomic mass is 79.9. The first-order valence-electron chi connectivity index (χ1n) is 4.26. The summed E-state index contributed by atoms with van der Waals surface area (Å²) in [6.45, 7) is 2.24. The molecule has 1 rings (SSSR count). The zero-order valence-corrected chi connectivity index (χ0v) is 9.87. The van der Waals surface area contributed by atoms with Crippen molar-refractivity contribution in [3.63, 3.8) is 0 Å². The minimum atomic E-state index is -4.30. The van der Waals surface area contributed by atoms with Crippen LogP contribution in [0.4, 0.5) is 13.2 Å². The minimum absolute atomic E-state index is 0.271. The summed E-state index contributed by atoms with van der Waals surface area (Å²) in [6.07, 6.45) is -4.30. The van der Waals surface area contributed by atoms with Gasteiger partial charge in [0.2, 0.25) is 0 Å². The van der Waals surface area contributed by atoms with Gasteiger partial charge in [0.25, 0.3) is 0 Å². The molecule has 1 nitrogen and oxygen atoms in total. The fourth-order valence-corrected chi connectivity index (χ4v) is 1.53. The molecule has 1 aromatic rings. The van der Waals surface area contributed by atoms with Gasteiger partial charge in [-0.05, 0) is 37.1 Å². The van der Waals surface area contributed by atoms with Gasteiger partial charge >= 0.3 is 6.18 Å². The quantitative estimate of drug-likeness (QED) is 0.797. The third-order valence-electron chi connectivity index (χ3n) is 1.85. The summed E-state index contributed by atoms with van der Waals surface area (Å²) >= 11 is 3.29. The van der Waals surface area contributed by atoms with Gasteiger partial charge < -0.3 is 4.74 Å². The molecular weight excluding hydrogens is 273 g/mol. The molecule has 0 atom stereocenters.